The molecule has 1 atom stereocenters. The van der Waals surface area contributed by atoms with Crippen molar-refractivity contribution < 1.29 is 24.2 Å². The van der Waals surface area contributed by atoms with E-state index in [2.05, 4.69) is 50.8 Å². The number of alkyl carbamates (subject to hydrolysis) is 1. The second-order valence-corrected chi connectivity index (χ2v) is 9.18. The van der Waals surface area contributed by atoms with Crippen LogP contribution in [0.5, 0.6) is 0 Å². The number of amides is 2. The summed E-state index contributed by atoms with van der Waals surface area (Å²) < 4.78 is 6.04. The smallest absolute Gasteiger partial charge is 0.407 e. The van der Waals surface area contributed by atoms with E-state index in [0.717, 1.165) is 22.3 Å². The van der Waals surface area contributed by atoms with Crippen molar-refractivity contribution in [2.24, 2.45) is 0 Å². The summed E-state index contributed by atoms with van der Waals surface area (Å²) in [5.41, 5.74) is 5.14. The van der Waals surface area contributed by atoms with E-state index in [0.29, 0.717) is 16.6 Å². The summed E-state index contributed by atoms with van der Waals surface area (Å²) in [4.78, 5) is 36.2. The second kappa shape index (κ2) is 10.7. The Balaban J connectivity index is 1.33. The van der Waals surface area contributed by atoms with Crippen LogP contribution >= 0.6 is 15.9 Å². The van der Waals surface area contributed by atoms with Gasteiger partial charge in [-0.2, -0.15) is 0 Å². The number of ether oxygens (including phenoxy) is 1. The van der Waals surface area contributed by atoms with Crippen LogP contribution in [0.4, 0.5) is 10.5 Å². The molecule has 3 N–H and O–H groups in total. The lowest BCUT2D eigenvalue weighted by atomic mass is 9.98. The molecule has 2 amide bonds. The molecular weight excluding hydrogens is 512 g/mol. The highest BCUT2D eigenvalue weighted by Gasteiger charge is 2.29. The van der Waals surface area contributed by atoms with Gasteiger partial charge < -0.3 is 20.5 Å². The van der Waals surface area contributed by atoms with Crippen molar-refractivity contribution in [3.8, 4) is 11.1 Å². The van der Waals surface area contributed by atoms with Crippen LogP contribution in [0.2, 0.25) is 0 Å². The van der Waals surface area contributed by atoms with Crippen LogP contribution in [0.3, 0.4) is 0 Å². The van der Waals surface area contributed by atoms with Crippen molar-refractivity contribution in [2.45, 2.75) is 31.7 Å². The summed E-state index contributed by atoms with van der Waals surface area (Å²) in [5.74, 6) is -1.40. The summed E-state index contributed by atoms with van der Waals surface area (Å²) in [6, 6.07) is 20.2. The molecule has 4 rings (SSSR count). The van der Waals surface area contributed by atoms with Crippen LogP contribution in [-0.4, -0.2) is 35.7 Å². The fraction of sp³-hybridized carbons (Fsp3) is 0.222. The molecule has 0 saturated carbocycles. The van der Waals surface area contributed by atoms with E-state index >= 15 is 0 Å². The second-order valence-electron chi connectivity index (χ2n) is 8.33. The molecule has 0 aromatic heterocycles. The Hall–Kier alpha value is -3.65. The number of carbonyl (C=O) groups is 3. The van der Waals surface area contributed by atoms with Gasteiger partial charge in [-0.3, -0.25) is 4.79 Å². The average molecular weight is 537 g/mol. The quantitative estimate of drug-likeness (QED) is 0.337. The van der Waals surface area contributed by atoms with E-state index < -0.39 is 18.1 Å². The van der Waals surface area contributed by atoms with E-state index in [1.54, 1.807) is 0 Å². The van der Waals surface area contributed by atoms with Gasteiger partial charge in [-0.05, 0) is 62.8 Å². The van der Waals surface area contributed by atoms with Crippen molar-refractivity contribution in [1.82, 2.24) is 5.32 Å². The van der Waals surface area contributed by atoms with Crippen LogP contribution in [0, 0.1) is 0 Å². The first kappa shape index (κ1) is 24.5. The zero-order valence-electron chi connectivity index (χ0n) is 19.1. The van der Waals surface area contributed by atoms with Crippen LogP contribution in [-0.2, 0) is 9.53 Å². The van der Waals surface area contributed by atoms with Gasteiger partial charge in [0.15, 0.2) is 0 Å². The first-order valence-corrected chi connectivity index (χ1v) is 12.1. The van der Waals surface area contributed by atoms with Gasteiger partial charge in [0.25, 0.3) is 0 Å². The first-order chi connectivity index (χ1) is 16.9. The number of carboxylic acids is 1. The third kappa shape index (κ3) is 5.54. The average Bonchev–Trinajstić information content (AvgIpc) is 3.17. The molecule has 0 fully saturated rings. The van der Waals surface area contributed by atoms with Gasteiger partial charge in [-0.1, -0.05) is 55.5 Å². The number of carbonyl (C=O) groups excluding carboxylic acids is 2. The molecule has 0 radical (unpaired) electrons. The first-order valence-electron chi connectivity index (χ1n) is 11.3. The molecule has 7 nitrogen and oxygen atoms in total. The highest BCUT2D eigenvalue weighted by atomic mass is 79.9. The molecule has 1 aliphatic carbocycles. The molecule has 0 unspecified atom stereocenters. The molecule has 8 heteroatoms. The predicted molar refractivity (Wildman–Crippen MR) is 137 cm³/mol. The molecule has 3 aromatic carbocycles. The Kier molecular flexibility index (Phi) is 7.51. The van der Waals surface area contributed by atoms with Gasteiger partial charge in [0.1, 0.15) is 6.61 Å². The van der Waals surface area contributed by atoms with Crippen LogP contribution in [0.25, 0.3) is 11.1 Å². The maximum absolute atomic E-state index is 12.6. The highest BCUT2D eigenvalue weighted by molar-refractivity contribution is 9.10. The lowest BCUT2D eigenvalue weighted by Gasteiger charge is -2.19. The Bertz CT molecular complexity index is 1230. The third-order valence-corrected chi connectivity index (χ3v) is 6.74. The molecule has 0 heterocycles. The van der Waals surface area contributed by atoms with E-state index in [9.17, 15) is 14.4 Å². The number of hydrogen-bond acceptors (Lipinski definition) is 4. The lowest BCUT2D eigenvalue weighted by Crippen LogP contribution is -2.38. The van der Waals surface area contributed by atoms with Crippen LogP contribution in [0.1, 0.15) is 47.2 Å². The van der Waals surface area contributed by atoms with Crippen molar-refractivity contribution in [1.29, 1.82) is 0 Å². The monoisotopic (exact) mass is 536 g/mol. The molecular formula is C27H25BrN2O5. The summed E-state index contributed by atoms with van der Waals surface area (Å²) >= 11 is 3.28. The van der Waals surface area contributed by atoms with E-state index in [-0.39, 0.29) is 30.4 Å². The number of anilines is 1. The number of carboxylic acid groups (broad SMARTS) is 1. The fourth-order valence-electron chi connectivity index (χ4n) is 4.28. The normalized spacial score (nSPS) is 12.9. The number of fused-ring (bicyclic) bond motifs is 3. The molecule has 180 valence electrons. The van der Waals surface area contributed by atoms with E-state index in [1.165, 1.54) is 18.2 Å². The van der Waals surface area contributed by atoms with E-state index in [1.807, 2.05) is 31.2 Å². The Morgan fingerprint density at radius 2 is 1.63 bits per heavy atom. The van der Waals surface area contributed by atoms with Gasteiger partial charge in [0.2, 0.25) is 5.91 Å². The number of nitrogens with one attached hydrogen (secondary N) is 2. The Morgan fingerprint density at radius 3 is 2.20 bits per heavy atom. The standard InChI is InChI=1S/C27H25BrN2O5/c1-2-17(14-25(31)30-24-12-11-16(26(32)33)13-23(24)28)29-27(34)35-15-22-20-9-5-3-7-18(20)19-8-4-6-10-21(19)22/h3-13,17,22H,2,14-15H2,1H3,(H,29,34)(H,30,31)(H,32,33)/t17-/m0/s1. The van der Waals surface area contributed by atoms with Gasteiger partial charge in [0.05, 0.1) is 11.3 Å². The molecule has 1 aliphatic rings. The number of rotatable bonds is 8. The topological polar surface area (TPSA) is 105 Å². The summed E-state index contributed by atoms with van der Waals surface area (Å²) in [6.07, 6.45) is 0.0170. The predicted octanol–water partition coefficient (Wildman–Crippen LogP) is 5.79. The number of aromatic carboxylic acids is 1. The maximum Gasteiger partial charge on any atom is 0.407 e. The van der Waals surface area contributed by atoms with Crippen molar-refractivity contribution in [3.63, 3.8) is 0 Å². The minimum Gasteiger partial charge on any atom is -0.478 e. The largest absolute Gasteiger partial charge is 0.478 e. The number of benzene rings is 3. The summed E-state index contributed by atoms with van der Waals surface area (Å²) in [5, 5.41) is 14.6. The lowest BCUT2D eigenvalue weighted by molar-refractivity contribution is -0.116. The maximum atomic E-state index is 12.6. The van der Waals surface area contributed by atoms with Gasteiger partial charge in [0, 0.05) is 22.9 Å². The molecule has 35 heavy (non-hydrogen) atoms. The minimum absolute atomic E-state index is 0.0392. The SMILES string of the molecule is CC[C@@H](CC(=O)Nc1ccc(C(=O)O)cc1Br)NC(=O)OCC1c2ccccc2-c2ccccc21. The molecule has 0 saturated heterocycles. The number of hydrogen-bond donors (Lipinski definition) is 3. The van der Waals surface area contributed by atoms with Crippen molar-refractivity contribution >= 4 is 39.6 Å². The van der Waals surface area contributed by atoms with Gasteiger partial charge >= 0.3 is 12.1 Å². The van der Waals surface area contributed by atoms with Crippen LogP contribution in [0.15, 0.2) is 71.2 Å². The summed E-state index contributed by atoms with van der Waals surface area (Å²) in [6.45, 7) is 2.07. The minimum atomic E-state index is -1.05. The van der Waals surface area contributed by atoms with Crippen LogP contribution < -0.4 is 10.6 Å². The van der Waals surface area contributed by atoms with Crippen molar-refractivity contribution in [3.05, 3.63) is 87.9 Å². The highest BCUT2D eigenvalue weighted by Crippen LogP contribution is 2.44. The molecule has 0 aliphatic heterocycles. The van der Waals surface area contributed by atoms with Gasteiger partial charge in [-0.25, -0.2) is 9.59 Å². The van der Waals surface area contributed by atoms with E-state index in [4.69, 9.17) is 9.84 Å². The zero-order chi connectivity index (χ0) is 24.9. The number of halogens is 1. The molecule has 0 bridgehead atoms. The van der Waals surface area contributed by atoms with Gasteiger partial charge in [-0.15, -0.1) is 0 Å². The molecule has 3 aromatic rings. The third-order valence-electron chi connectivity index (χ3n) is 6.08. The Labute approximate surface area is 211 Å². The zero-order valence-corrected chi connectivity index (χ0v) is 20.7. The Morgan fingerprint density at radius 1 is 1.00 bits per heavy atom. The molecule has 0 spiro atoms. The summed E-state index contributed by atoms with van der Waals surface area (Å²) in [7, 11) is 0. The fourth-order valence-corrected chi connectivity index (χ4v) is 4.76. The van der Waals surface area contributed by atoms with Crippen molar-refractivity contribution in [2.75, 3.05) is 11.9 Å².